The molecule has 8 nitrogen and oxygen atoms in total. The van der Waals surface area contributed by atoms with Gasteiger partial charge in [-0.05, 0) is 38.4 Å². The van der Waals surface area contributed by atoms with Crippen molar-refractivity contribution in [2.75, 3.05) is 13.6 Å². The first-order valence-corrected chi connectivity index (χ1v) is 8.83. The van der Waals surface area contributed by atoms with Crippen molar-refractivity contribution in [3.63, 3.8) is 0 Å². The fourth-order valence-electron chi connectivity index (χ4n) is 3.22. The molecule has 26 heavy (non-hydrogen) atoms. The predicted octanol–water partition coefficient (Wildman–Crippen LogP) is 2.12. The molecule has 0 radical (unpaired) electrons. The molecule has 1 saturated carbocycles. The first kappa shape index (κ1) is 19.9. The first-order valence-electron chi connectivity index (χ1n) is 8.83. The number of nitrogens with zero attached hydrogens (tertiary/aromatic N) is 2. The standard InChI is InChI=1S/C15H18N2O2.C3H8N2O2/c1-2-13-12-8-7-10(15(18)19)9-14(12)17(16-13)11-5-3-4-6-11;1-4-2-3(6)5-7/h7-9,11H,2-6H2,1H3,(H,18,19);4,7H,2H2,1H3,(H,5,6). The van der Waals surface area contributed by atoms with Crippen LogP contribution in [0.3, 0.4) is 0 Å². The van der Waals surface area contributed by atoms with Gasteiger partial charge in [0.25, 0.3) is 5.91 Å². The van der Waals surface area contributed by atoms with Crippen LogP contribution in [0.1, 0.15) is 54.7 Å². The van der Waals surface area contributed by atoms with E-state index < -0.39 is 11.9 Å². The fraction of sp³-hybridized carbons (Fsp3) is 0.500. The van der Waals surface area contributed by atoms with Gasteiger partial charge in [0.2, 0.25) is 0 Å². The largest absolute Gasteiger partial charge is 0.478 e. The lowest BCUT2D eigenvalue weighted by Crippen LogP contribution is -2.29. The van der Waals surface area contributed by atoms with Gasteiger partial charge in [0.1, 0.15) is 0 Å². The molecule has 1 heterocycles. The number of carbonyl (C=O) groups excluding carboxylic acids is 1. The van der Waals surface area contributed by atoms with Crippen molar-refractivity contribution in [1.29, 1.82) is 0 Å². The van der Waals surface area contributed by atoms with E-state index in [1.54, 1.807) is 19.2 Å². The average molecular weight is 362 g/mol. The monoisotopic (exact) mass is 362 g/mol. The number of aryl methyl sites for hydroxylation is 1. The SMILES string of the molecule is CCc1nn(C2CCCC2)c2cc(C(=O)O)ccc12.CNCC(=O)NO. The number of rotatable bonds is 5. The molecule has 0 aliphatic heterocycles. The number of hydroxylamine groups is 1. The summed E-state index contributed by atoms with van der Waals surface area (Å²) < 4.78 is 2.06. The molecule has 0 saturated heterocycles. The summed E-state index contributed by atoms with van der Waals surface area (Å²) in [7, 11) is 1.62. The number of hydrogen-bond donors (Lipinski definition) is 4. The summed E-state index contributed by atoms with van der Waals surface area (Å²) >= 11 is 0. The van der Waals surface area contributed by atoms with Crippen LogP contribution in [0.25, 0.3) is 10.9 Å². The van der Waals surface area contributed by atoms with Gasteiger partial charge in [-0.25, -0.2) is 10.3 Å². The van der Waals surface area contributed by atoms with Gasteiger partial charge in [-0.3, -0.25) is 14.7 Å². The zero-order valence-corrected chi connectivity index (χ0v) is 15.2. The van der Waals surface area contributed by atoms with E-state index in [0.717, 1.165) is 35.9 Å². The second kappa shape index (κ2) is 9.30. The predicted molar refractivity (Wildman–Crippen MR) is 97.4 cm³/mol. The number of hydrogen-bond acceptors (Lipinski definition) is 5. The van der Waals surface area contributed by atoms with Gasteiger partial charge in [-0.1, -0.05) is 25.8 Å². The number of carboxylic acid groups (broad SMARTS) is 1. The smallest absolute Gasteiger partial charge is 0.335 e. The zero-order chi connectivity index (χ0) is 19.1. The highest BCUT2D eigenvalue weighted by Gasteiger charge is 2.21. The van der Waals surface area contributed by atoms with Crippen molar-refractivity contribution in [3.8, 4) is 0 Å². The normalized spacial score (nSPS) is 14.1. The van der Waals surface area contributed by atoms with Crippen LogP contribution >= 0.6 is 0 Å². The number of likely N-dealkylation sites (N-methyl/N-ethyl adjacent to an activating group) is 1. The van der Waals surface area contributed by atoms with E-state index in [9.17, 15) is 9.59 Å². The molecule has 0 unspecified atom stereocenters. The molecule has 1 aliphatic carbocycles. The molecule has 1 aromatic heterocycles. The molecule has 3 rings (SSSR count). The third-order valence-electron chi connectivity index (χ3n) is 4.50. The molecule has 1 amide bonds. The van der Waals surface area contributed by atoms with Crippen LogP contribution < -0.4 is 10.8 Å². The molecular formula is C18H26N4O4. The number of fused-ring (bicyclic) bond motifs is 1. The Morgan fingerprint density at radius 1 is 1.31 bits per heavy atom. The highest BCUT2D eigenvalue weighted by atomic mass is 16.5. The Bertz CT molecular complexity index is 766. The molecule has 0 spiro atoms. The maximum atomic E-state index is 11.1. The summed E-state index contributed by atoms with van der Waals surface area (Å²) in [5, 5.41) is 25.3. The summed E-state index contributed by atoms with van der Waals surface area (Å²) in [6.07, 6.45) is 5.66. The molecule has 0 atom stereocenters. The van der Waals surface area contributed by atoms with Gasteiger partial charge in [0.05, 0.1) is 29.4 Å². The van der Waals surface area contributed by atoms with Crippen LogP contribution in [0.2, 0.25) is 0 Å². The van der Waals surface area contributed by atoms with Crippen LogP contribution in [0, 0.1) is 0 Å². The lowest BCUT2D eigenvalue weighted by molar-refractivity contribution is -0.128. The Morgan fingerprint density at radius 3 is 2.50 bits per heavy atom. The fourth-order valence-corrected chi connectivity index (χ4v) is 3.22. The second-order valence-corrected chi connectivity index (χ2v) is 6.29. The summed E-state index contributed by atoms with van der Waals surface area (Å²) in [6, 6.07) is 5.77. The Hall–Kier alpha value is -2.45. The number of nitrogens with one attached hydrogen (secondary N) is 2. The van der Waals surface area contributed by atoms with E-state index in [-0.39, 0.29) is 6.54 Å². The maximum Gasteiger partial charge on any atom is 0.335 e. The van der Waals surface area contributed by atoms with E-state index in [4.69, 9.17) is 15.4 Å². The van der Waals surface area contributed by atoms with Gasteiger partial charge >= 0.3 is 5.97 Å². The summed E-state index contributed by atoms with van der Waals surface area (Å²) in [4.78, 5) is 21.1. The van der Waals surface area contributed by atoms with Crippen LogP contribution in [0.15, 0.2) is 18.2 Å². The Morgan fingerprint density at radius 2 is 2.00 bits per heavy atom. The van der Waals surface area contributed by atoms with Crippen LogP contribution in [0.5, 0.6) is 0 Å². The molecule has 4 N–H and O–H groups in total. The van der Waals surface area contributed by atoms with Crippen LogP contribution in [0.4, 0.5) is 0 Å². The van der Waals surface area contributed by atoms with E-state index in [2.05, 4.69) is 16.9 Å². The highest BCUT2D eigenvalue weighted by molar-refractivity contribution is 5.94. The average Bonchev–Trinajstić information content (AvgIpc) is 3.29. The zero-order valence-electron chi connectivity index (χ0n) is 15.2. The third kappa shape index (κ3) is 4.59. The van der Waals surface area contributed by atoms with Gasteiger partial charge in [-0.15, -0.1) is 0 Å². The van der Waals surface area contributed by atoms with Gasteiger partial charge in [0.15, 0.2) is 0 Å². The lowest BCUT2D eigenvalue weighted by Gasteiger charge is -2.11. The molecule has 2 aromatic rings. The van der Waals surface area contributed by atoms with Crippen molar-refractivity contribution in [3.05, 3.63) is 29.5 Å². The van der Waals surface area contributed by atoms with Gasteiger partial charge < -0.3 is 10.4 Å². The number of aromatic carboxylic acids is 1. The third-order valence-corrected chi connectivity index (χ3v) is 4.50. The number of carboxylic acids is 1. The Kier molecular flexibility index (Phi) is 7.11. The summed E-state index contributed by atoms with van der Waals surface area (Å²) in [6.45, 7) is 2.24. The van der Waals surface area contributed by atoms with Crippen molar-refractivity contribution < 1.29 is 19.9 Å². The second-order valence-electron chi connectivity index (χ2n) is 6.29. The molecule has 1 aliphatic rings. The minimum absolute atomic E-state index is 0.149. The number of carbonyl (C=O) groups is 2. The summed E-state index contributed by atoms with van der Waals surface area (Å²) in [5.41, 5.74) is 3.85. The van der Waals surface area contributed by atoms with Crippen LogP contribution in [-0.4, -0.2) is 45.6 Å². The Balaban J connectivity index is 0.000000298. The molecular weight excluding hydrogens is 336 g/mol. The van der Waals surface area contributed by atoms with Crippen molar-refractivity contribution in [2.24, 2.45) is 0 Å². The van der Waals surface area contributed by atoms with E-state index in [0.29, 0.717) is 11.6 Å². The van der Waals surface area contributed by atoms with Gasteiger partial charge in [0, 0.05) is 5.39 Å². The van der Waals surface area contributed by atoms with E-state index in [1.807, 2.05) is 6.07 Å². The van der Waals surface area contributed by atoms with Crippen molar-refractivity contribution >= 4 is 22.8 Å². The number of aromatic nitrogens is 2. The van der Waals surface area contributed by atoms with Crippen molar-refractivity contribution in [1.82, 2.24) is 20.6 Å². The minimum atomic E-state index is -0.876. The Labute approximate surface area is 152 Å². The minimum Gasteiger partial charge on any atom is -0.478 e. The lowest BCUT2D eigenvalue weighted by atomic mass is 10.1. The molecule has 8 heteroatoms. The topological polar surface area (TPSA) is 116 Å². The van der Waals surface area contributed by atoms with E-state index in [1.165, 1.54) is 18.3 Å². The number of benzene rings is 1. The van der Waals surface area contributed by atoms with Crippen molar-refractivity contribution in [2.45, 2.75) is 45.1 Å². The summed E-state index contributed by atoms with van der Waals surface area (Å²) in [5.74, 6) is -1.30. The molecule has 1 aromatic carbocycles. The number of amides is 1. The first-order chi connectivity index (χ1) is 12.5. The highest BCUT2D eigenvalue weighted by Crippen LogP contribution is 2.33. The van der Waals surface area contributed by atoms with Gasteiger partial charge in [-0.2, -0.15) is 5.10 Å². The molecule has 142 valence electrons. The quantitative estimate of drug-likeness (QED) is 0.478. The van der Waals surface area contributed by atoms with Crippen LogP contribution in [-0.2, 0) is 11.2 Å². The van der Waals surface area contributed by atoms with E-state index >= 15 is 0 Å². The molecule has 0 bridgehead atoms. The maximum absolute atomic E-state index is 11.1. The molecule has 1 fully saturated rings.